The van der Waals surface area contributed by atoms with E-state index in [4.69, 9.17) is 9.47 Å². The highest BCUT2D eigenvalue weighted by Gasteiger charge is 2.17. The maximum absolute atomic E-state index is 11.9. The molecule has 0 saturated carbocycles. The molecule has 1 aliphatic heterocycles. The minimum Gasteiger partial charge on any atom is -0.390 e. The first-order valence-corrected chi connectivity index (χ1v) is 8.13. The number of aryl methyl sites for hydroxylation is 1. The van der Waals surface area contributed by atoms with Crippen LogP contribution in [0.25, 0.3) is 0 Å². The van der Waals surface area contributed by atoms with E-state index in [1.165, 1.54) is 0 Å². The fraction of sp³-hybridized carbons (Fsp3) is 0.615. The fourth-order valence-electron chi connectivity index (χ4n) is 1.87. The Morgan fingerprint density at radius 2 is 2.10 bits per heavy atom. The third kappa shape index (κ3) is 4.55. The number of hydrazine groups is 1. The average Bonchev–Trinajstić information content (AvgIpc) is 2.45. The van der Waals surface area contributed by atoms with E-state index in [9.17, 15) is 4.79 Å². The van der Waals surface area contributed by atoms with Gasteiger partial charge in [0.1, 0.15) is 5.82 Å². The van der Waals surface area contributed by atoms with Crippen LogP contribution >= 0.6 is 11.8 Å². The number of carbonyl (C=O) groups excluding carboxylic acids is 1. The lowest BCUT2D eigenvalue weighted by Crippen LogP contribution is -2.49. The van der Waals surface area contributed by atoms with Gasteiger partial charge in [-0.3, -0.25) is 5.43 Å². The first-order chi connectivity index (χ1) is 10.1. The Balaban J connectivity index is 2.01. The van der Waals surface area contributed by atoms with Gasteiger partial charge in [0.05, 0.1) is 19.0 Å². The topological polar surface area (TPSA) is 76.6 Å². The highest BCUT2D eigenvalue weighted by Crippen LogP contribution is 2.19. The zero-order chi connectivity index (χ0) is 15.2. The SMILES string of the molecule is CSCc1nc(C)c(C)c(OC(=O)NN2CCOCC2)n1. The van der Waals surface area contributed by atoms with E-state index in [1.54, 1.807) is 16.8 Å². The van der Waals surface area contributed by atoms with Crippen molar-refractivity contribution in [2.75, 3.05) is 32.6 Å². The largest absolute Gasteiger partial charge is 0.428 e. The molecule has 1 fully saturated rings. The molecule has 2 rings (SSSR count). The molecule has 1 N–H and O–H groups in total. The van der Waals surface area contributed by atoms with Gasteiger partial charge in [0.2, 0.25) is 5.88 Å². The van der Waals surface area contributed by atoms with Crippen molar-refractivity contribution in [1.82, 2.24) is 20.4 Å². The van der Waals surface area contributed by atoms with Crippen molar-refractivity contribution in [3.8, 4) is 5.88 Å². The number of hydrogen-bond acceptors (Lipinski definition) is 7. The van der Waals surface area contributed by atoms with E-state index in [0.717, 1.165) is 11.3 Å². The Bertz CT molecular complexity index is 506. The van der Waals surface area contributed by atoms with Crippen molar-refractivity contribution in [2.45, 2.75) is 19.6 Å². The highest BCUT2D eigenvalue weighted by atomic mass is 32.2. The van der Waals surface area contributed by atoms with Crippen LogP contribution in [0.3, 0.4) is 0 Å². The molecule has 1 saturated heterocycles. The molecular formula is C13H20N4O3S. The lowest BCUT2D eigenvalue weighted by molar-refractivity contribution is 0.0151. The van der Waals surface area contributed by atoms with E-state index in [-0.39, 0.29) is 0 Å². The molecule has 0 unspecified atom stereocenters. The molecule has 0 spiro atoms. The highest BCUT2D eigenvalue weighted by molar-refractivity contribution is 7.97. The molecule has 2 heterocycles. The van der Waals surface area contributed by atoms with E-state index in [2.05, 4.69) is 15.4 Å². The summed E-state index contributed by atoms with van der Waals surface area (Å²) in [5.74, 6) is 1.67. The van der Waals surface area contributed by atoms with E-state index in [1.807, 2.05) is 20.1 Å². The van der Waals surface area contributed by atoms with Gasteiger partial charge in [0.25, 0.3) is 0 Å². The Morgan fingerprint density at radius 1 is 1.38 bits per heavy atom. The summed E-state index contributed by atoms with van der Waals surface area (Å²) in [5.41, 5.74) is 4.29. The molecule has 7 nitrogen and oxygen atoms in total. The Morgan fingerprint density at radius 3 is 2.76 bits per heavy atom. The van der Waals surface area contributed by atoms with Crippen LogP contribution in [0, 0.1) is 13.8 Å². The van der Waals surface area contributed by atoms with Crippen molar-refractivity contribution < 1.29 is 14.3 Å². The van der Waals surface area contributed by atoms with Crippen LogP contribution in [0.1, 0.15) is 17.1 Å². The zero-order valence-corrected chi connectivity index (χ0v) is 13.3. The number of nitrogens with one attached hydrogen (secondary N) is 1. The van der Waals surface area contributed by atoms with Gasteiger partial charge in [-0.1, -0.05) is 0 Å². The Labute approximate surface area is 128 Å². The summed E-state index contributed by atoms with van der Waals surface area (Å²) in [5, 5.41) is 1.78. The summed E-state index contributed by atoms with van der Waals surface area (Å²) >= 11 is 1.62. The maximum atomic E-state index is 11.9. The van der Waals surface area contributed by atoms with Crippen molar-refractivity contribution >= 4 is 17.9 Å². The third-order valence-corrected chi connectivity index (χ3v) is 3.66. The molecule has 21 heavy (non-hydrogen) atoms. The molecule has 0 bridgehead atoms. The van der Waals surface area contributed by atoms with Crippen LogP contribution in [0.4, 0.5) is 4.79 Å². The van der Waals surface area contributed by atoms with E-state index >= 15 is 0 Å². The van der Waals surface area contributed by atoms with Crippen molar-refractivity contribution in [1.29, 1.82) is 0 Å². The number of rotatable bonds is 4. The molecule has 0 aromatic carbocycles. The minimum absolute atomic E-state index is 0.317. The number of thioether (sulfide) groups is 1. The summed E-state index contributed by atoms with van der Waals surface area (Å²) in [6.45, 7) is 6.22. The van der Waals surface area contributed by atoms with Crippen LogP contribution in [0.2, 0.25) is 0 Å². The van der Waals surface area contributed by atoms with Crippen LogP contribution < -0.4 is 10.2 Å². The van der Waals surface area contributed by atoms with Crippen molar-refractivity contribution in [2.24, 2.45) is 0 Å². The number of morpholine rings is 1. The van der Waals surface area contributed by atoms with Gasteiger partial charge in [-0.15, -0.1) is 0 Å². The number of nitrogens with zero attached hydrogens (tertiary/aromatic N) is 3. The quantitative estimate of drug-likeness (QED) is 0.897. The second-order valence-electron chi connectivity index (χ2n) is 4.69. The summed E-state index contributed by atoms with van der Waals surface area (Å²) in [7, 11) is 0. The first-order valence-electron chi connectivity index (χ1n) is 6.74. The summed E-state index contributed by atoms with van der Waals surface area (Å²) in [6.07, 6.45) is 1.44. The van der Waals surface area contributed by atoms with Crippen LogP contribution in [-0.2, 0) is 10.5 Å². The van der Waals surface area contributed by atoms with E-state index in [0.29, 0.717) is 43.8 Å². The van der Waals surface area contributed by atoms with Crippen molar-refractivity contribution in [3.63, 3.8) is 0 Å². The number of aromatic nitrogens is 2. The van der Waals surface area contributed by atoms with Gasteiger partial charge >= 0.3 is 6.09 Å². The van der Waals surface area contributed by atoms with Gasteiger partial charge in [-0.25, -0.2) is 14.8 Å². The number of amides is 1. The van der Waals surface area contributed by atoms with Crippen LogP contribution in [0.5, 0.6) is 5.88 Å². The van der Waals surface area contributed by atoms with Gasteiger partial charge in [0.15, 0.2) is 0 Å². The molecule has 0 atom stereocenters. The first kappa shape index (κ1) is 16.0. The second kappa shape index (κ2) is 7.58. The summed E-state index contributed by atoms with van der Waals surface area (Å²) in [4.78, 5) is 20.6. The molecule has 0 aliphatic carbocycles. The van der Waals surface area contributed by atoms with Crippen molar-refractivity contribution in [3.05, 3.63) is 17.1 Å². The lowest BCUT2D eigenvalue weighted by atomic mass is 10.2. The second-order valence-corrected chi connectivity index (χ2v) is 5.56. The van der Waals surface area contributed by atoms with Gasteiger partial charge in [-0.2, -0.15) is 16.7 Å². The maximum Gasteiger partial charge on any atom is 0.428 e. The predicted molar refractivity (Wildman–Crippen MR) is 80.3 cm³/mol. The molecule has 1 aliphatic rings. The number of ether oxygens (including phenoxy) is 2. The molecule has 116 valence electrons. The predicted octanol–water partition coefficient (Wildman–Crippen LogP) is 1.29. The van der Waals surface area contributed by atoms with Gasteiger partial charge in [-0.05, 0) is 20.1 Å². The smallest absolute Gasteiger partial charge is 0.390 e. The Kier molecular flexibility index (Phi) is 5.77. The van der Waals surface area contributed by atoms with Gasteiger partial charge < -0.3 is 9.47 Å². The fourth-order valence-corrected chi connectivity index (χ4v) is 2.25. The summed E-state index contributed by atoms with van der Waals surface area (Å²) in [6, 6.07) is 0. The molecule has 0 radical (unpaired) electrons. The average molecular weight is 312 g/mol. The standard InChI is InChI=1S/C13H20N4O3S/c1-9-10(2)14-11(8-21-3)15-12(9)20-13(18)16-17-4-6-19-7-5-17/h4-8H2,1-3H3,(H,16,18). The lowest BCUT2D eigenvalue weighted by Gasteiger charge is -2.26. The molecule has 1 aromatic heterocycles. The Hall–Kier alpha value is -1.38. The number of carbonyl (C=O) groups is 1. The molecule has 8 heteroatoms. The van der Waals surface area contributed by atoms with Gasteiger partial charge in [0, 0.05) is 24.3 Å². The third-order valence-electron chi connectivity index (χ3n) is 3.11. The van der Waals surface area contributed by atoms with E-state index < -0.39 is 6.09 Å². The molecular weight excluding hydrogens is 292 g/mol. The molecule has 1 amide bonds. The monoisotopic (exact) mass is 312 g/mol. The normalized spacial score (nSPS) is 15.8. The van der Waals surface area contributed by atoms with Crippen LogP contribution in [-0.4, -0.2) is 53.6 Å². The summed E-state index contributed by atoms with van der Waals surface area (Å²) < 4.78 is 10.5. The minimum atomic E-state index is -0.534. The molecule has 1 aromatic rings. The zero-order valence-electron chi connectivity index (χ0n) is 12.5. The number of hydrogen-bond donors (Lipinski definition) is 1. The van der Waals surface area contributed by atoms with Crippen LogP contribution in [0.15, 0.2) is 0 Å².